The van der Waals surface area contributed by atoms with E-state index in [-0.39, 0.29) is 22.3 Å². The Kier molecular flexibility index (Phi) is 2.01. The third-order valence-corrected chi connectivity index (χ3v) is 3.00. The van der Waals surface area contributed by atoms with Crippen molar-refractivity contribution in [1.82, 2.24) is 0 Å². The molecule has 0 aromatic heterocycles. The standard InChI is InChI=1S/C14H8O4/c15-9-5-6-10(16)12-11(9)13(17)7-3-1-2-4-8(7)14(12)18/h1-6,15-16H/p-2. The summed E-state index contributed by atoms with van der Waals surface area (Å²) in [6.07, 6.45) is 0. The molecule has 0 heterocycles. The van der Waals surface area contributed by atoms with Crippen LogP contribution in [0.15, 0.2) is 36.4 Å². The van der Waals surface area contributed by atoms with Crippen LogP contribution in [0.1, 0.15) is 31.8 Å². The molecular formula is C14H6O4-2. The third kappa shape index (κ3) is 1.20. The number of benzene rings is 2. The second kappa shape index (κ2) is 3.43. The molecule has 0 unspecified atom stereocenters. The molecule has 1 aliphatic carbocycles. The second-order valence-electron chi connectivity index (χ2n) is 4.02. The van der Waals surface area contributed by atoms with E-state index in [9.17, 15) is 19.8 Å². The number of ketones is 2. The fraction of sp³-hybridized carbons (Fsp3) is 0. The highest BCUT2D eigenvalue weighted by Crippen LogP contribution is 2.35. The smallest absolute Gasteiger partial charge is 0.193 e. The van der Waals surface area contributed by atoms with Crippen LogP contribution in [-0.4, -0.2) is 11.6 Å². The second-order valence-corrected chi connectivity index (χ2v) is 4.02. The zero-order valence-electron chi connectivity index (χ0n) is 9.10. The van der Waals surface area contributed by atoms with Gasteiger partial charge in [0.2, 0.25) is 0 Å². The first kappa shape index (κ1) is 10.5. The third-order valence-electron chi connectivity index (χ3n) is 3.00. The summed E-state index contributed by atoms with van der Waals surface area (Å²) < 4.78 is 0. The lowest BCUT2D eigenvalue weighted by Crippen LogP contribution is -2.24. The van der Waals surface area contributed by atoms with Crippen LogP contribution < -0.4 is 10.2 Å². The maximum Gasteiger partial charge on any atom is 0.193 e. The lowest BCUT2D eigenvalue weighted by Gasteiger charge is -2.26. The van der Waals surface area contributed by atoms with E-state index in [2.05, 4.69) is 0 Å². The minimum atomic E-state index is -0.586. The van der Waals surface area contributed by atoms with Crippen LogP contribution in [0.4, 0.5) is 0 Å². The summed E-state index contributed by atoms with van der Waals surface area (Å²) in [5.74, 6) is -2.28. The van der Waals surface area contributed by atoms with E-state index in [4.69, 9.17) is 0 Å². The van der Waals surface area contributed by atoms with E-state index in [1.165, 1.54) is 12.1 Å². The molecule has 0 spiro atoms. The van der Waals surface area contributed by atoms with Crippen LogP contribution in [0.3, 0.4) is 0 Å². The maximum atomic E-state index is 12.1. The molecule has 88 valence electrons. The highest BCUT2D eigenvalue weighted by Gasteiger charge is 2.29. The Labute approximate surface area is 102 Å². The molecule has 0 N–H and O–H groups in total. The van der Waals surface area contributed by atoms with E-state index in [0.29, 0.717) is 0 Å². The molecule has 2 aromatic carbocycles. The molecule has 18 heavy (non-hydrogen) atoms. The van der Waals surface area contributed by atoms with Crippen molar-refractivity contribution < 1.29 is 19.8 Å². The Bertz CT molecular complexity index is 641. The minimum Gasteiger partial charge on any atom is -0.872 e. The highest BCUT2D eigenvalue weighted by atomic mass is 16.3. The van der Waals surface area contributed by atoms with Crippen molar-refractivity contribution in [2.24, 2.45) is 0 Å². The van der Waals surface area contributed by atoms with E-state index < -0.39 is 23.1 Å². The van der Waals surface area contributed by atoms with Gasteiger partial charge >= 0.3 is 0 Å². The lowest BCUT2D eigenvalue weighted by molar-refractivity contribution is -0.275. The average Bonchev–Trinajstić information content (AvgIpc) is 2.38. The van der Waals surface area contributed by atoms with Gasteiger partial charge in [0.25, 0.3) is 0 Å². The predicted molar refractivity (Wildman–Crippen MR) is 58.6 cm³/mol. The van der Waals surface area contributed by atoms with Crippen molar-refractivity contribution in [2.75, 3.05) is 0 Å². The summed E-state index contributed by atoms with van der Waals surface area (Å²) >= 11 is 0. The normalized spacial score (nSPS) is 13.1. The van der Waals surface area contributed by atoms with Gasteiger partial charge in [-0.05, 0) is 0 Å². The van der Waals surface area contributed by atoms with E-state index in [1.807, 2.05) is 0 Å². The molecular weight excluding hydrogens is 232 g/mol. The van der Waals surface area contributed by atoms with Crippen molar-refractivity contribution in [2.45, 2.75) is 0 Å². The largest absolute Gasteiger partial charge is 0.872 e. The zero-order valence-corrected chi connectivity index (χ0v) is 9.10. The first-order valence-corrected chi connectivity index (χ1v) is 5.30. The van der Waals surface area contributed by atoms with Gasteiger partial charge in [-0.1, -0.05) is 47.9 Å². The Morgan fingerprint density at radius 3 is 1.44 bits per heavy atom. The van der Waals surface area contributed by atoms with Crippen LogP contribution >= 0.6 is 0 Å². The van der Waals surface area contributed by atoms with Gasteiger partial charge in [-0.3, -0.25) is 9.59 Å². The number of carbonyl (C=O) groups excluding carboxylic acids is 2. The van der Waals surface area contributed by atoms with E-state index in [0.717, 1.165) is 12.1 Å². The van der Waals surface area contributed by atoms with Gasteiger partial charge in [0.1, 0.15) is 0 Å². The van der Waals surface area contributed by atoms with E-state index >= 15 is 0 Å². The summed E-state index contributed by atoms with van der Waals surface area (Å²) in [6, 6.07) is 8.24. The van der Waals surface area contributed by atoms with Gasteiger partial charge in [0.15, 0.2) is 11.6 Å². The Morgan fingerprint density at radius 1 is 0.667 bits per heavy atom. The van der Waals surface area contributed by atoms with Crippen molar-refractivity contribution >= 4 is 11.6 Å². The summed E-state index contributed by atoms with van der Waals surface area (Å²) in [5, 5.41) is 23.3. The fourth-order valence-electron chi connectivity index (χ4n) is 2.16. The molecule has 0 fully saturated rings. The molecule has 1 aliphatic rings. The molecule has 4 nitrogen and oxygen atoms in total. The molecule has 0 saturated carbocycles. The molecule has 0 amide bonds. The average molecular weight is 238 g/mol. The Morgan fingerprint density at radius 2 is 1.06 bits per heavy atom. The van der Waals surface area contributed by atoms with Gasteiger partial charge < -0.3 is 10.2 Å². The first-order valence-electron chi connectivity index (χ1n) is 5.30. The summed E-state index contributed by atoms with van der Waals surface area (Å²) in [4.78, 5) is 24.3. The molecule has 0 aliphatic heterocycles. The molecule has 0 radical (unpaired) electrons. The monoisotopic (exact) mass is 238 g/mol. The quantitative estimate of drug-likeness (QED) is 0.574. The Hall–Kier alpha value is -2.62. The number of rotatable bonds is 0. The maximum absolute atomic E-state index is 12.1. The Balaban J connectivity index is 2.41. The summed E-state index contributed by atoms with van der Waals surface area (Å²) in [7, 11) is 0. The van der Waals surface area contributed by atoms with Gasteiger partial charge in [-0.15, -0.1) is 0 Å². The van der Waals surface area contributed by atoms with Crippen molar-refractivity contribution in [3.05, 3.63) is 58.7 Å². The summed E-state index contributed by atoms with van der Waals surface area (Å²) in [6.45, 7) is 0. The number of hydrogen-bond acceptors (Lipinski definition) is 4. The highest BCUT2D eigenvalue weighted by molar-refractivity contribution is 6.30. The van der Waals surface area contributed by atoms with E-state index in [1.54, 1.807) is 12.1 Å². The number of fused-ring (bicyclic) bond motifs is 2. The SMILES string of the molecule is O=C1c2ccccc2C(=O)c2c([O-])ccc([O-])c21. The van der Waals surface area contributed by atoms with Gasteiger partial charge in [0.05, 0.1) is 0 Å². The first-order chi connectivity index (χ1) is 8.61. The molecule has 3 rings (SSSR count). The predicted octanol–water partition coefficient (Wildman–Crippen LogP) is 0.609. The van der Waals surface area contributed by atoms with Gasteiger partial charge in [-0.25, -0.2) is 0 Å². The van der Waals surface area contributed by atoms with Crippen LogP contribution in [0.5, 0.6) is 11.5 Å². The summed E-state index contributed by atoms with van der Waals surface area (Å²) in [5.41, 5.74) is -0.243. The molecule has 0 saturated heterocycles. The minimum absolute atomic E-state index is 0.178. The molecule has 4 heteroatoms. The van der Waals surface area contributed by atoms with Crippen LogP contribution in [0, 0.1) is 0 Å². The molecule has 2 aromatic rings. The van der Waals surface area contributed by atoms with Crippen LogP contribution in [0.2, 0.25) is 0 Å². The lowest BCUT2D eigenvalue weighted by atomic mass is 9.83. The van der Waals surface area contributed by atoms with Gasteiger partial charge in [-0.2, -0.15) is 0 Å². The molecule has 0 bridgehead atoms. The van der Waals surface area contributed by atoms with Gasteiger partial charge in [0, 0.05) is 22.3 Å². The topological polar surface area (TPSA) is 80.3 Å². The zero-order chi connectivity index (χ0) is 12.9. The van der Waals surface area contributed by atoms with Crippen molar-refractivity contribution in [3.8, 4) is 11.5 Å². The number of hydrogen-bond donors (Lipinski definition) is 0. The van der Waals surface area contributed by atoms with Crippen LogP contribution in [-0.2, 0) is 0 Å². The van der Waals surface area contributed by atoms with Crippen molar-refractivity contribution in [1.29, 1.82) is 0 Å². The molecule has 0 atom stereocenters. The van der Waals surface area contributed by atoms with Crippen LogP contribution in [0.25, 0.3) is 0 Å². The van der Waals surface area contributed by atoms with Crippen molar-refractivity contribution in [3.63, 3.8) is 0 Å². The fourth-order valence-corrected chi connectivity index (χ4v) is 2.16. The number of carbonyl (C=O) groups is 2.